The Kier molecular flexibility index (Phi) is 2.08. The van der Waals surface area contributed by atoms with Gasteiger partial charge in [0.15, 0.2) is 0 Å². The van der Waals surface area contributed by atoms with E-state index < -0.39 is 0 Å². The first-order valence-electron chi connectivity index (χ1n) is 5.92. The van der Waals surface area contributed by atoms with Gasteiger partial charge in [-0.1, -0.05) is 6.07 Å². The lowest BCUT2D eigenvalue weighted by Gasteiger charge is -2.32. The van der Waals surface area contributed by atoms with E-state index >= 15 is 0 Å². The Morgan fingerprint density at radius 1 is 1.40 bits per heavy atom. The molecule has 1 aliphatic heterocycles. The average Bonchev–Trinajstić information content (AvgIpc) is 3.01. The van der Waals surface area contributed by atoms with Crippen molar-refractivity contribution in [3.8, 4) is 0 Å². The minimum atomic E-state index is 0.970. The lowest BCUT2D eigenvalue weighted by atomic mass is 10.1. The van der Waals surface area contributed by atoms with Crippen LogP contribution >= 0.6 is 0 Å². The molecule has 1 N–H and O–H groups in total. The van der Waals surface area contributed by atoms with Gasteiger partial charge in [0.25, 0.3) is 0 Å². The highest BCUT2D eigenvalue weighted by atomic mass is 15.2. The van der Waals surface area contributed by atoms with Gasteiger partial charge in [0, 0.05) is 19.6 Å². The molecule has 2 aliphatic rings. The second kappa shape index (κ2) is 3.44. The molecule has 2 nitrogen and oxygen atoms in total. The Balaban J connectivity index is 1.87. The van der Waals surface area contributed by atoms with E-state index in [9.17, 15) is 0 Å². The molecule has 1 aromatic rings. The Labute approximate surface area is 91.3 Å². The predicted molar refractivity (Wildman–Crippen MR) is 64.6 cm³/mol. The second-order valence-corrected chi connectivity index (χ2v) is 4.84. The quantitative estimate of drug-likeness (QED) is 0.793. The van der Waals surface area contributed by atoms with Crippen molar-refractivity contribution in [1.82, 2.24) is 0 Å². The lowest BCUT2D eigenvalue weighted by molar-refractivity contribution is 0.719. The van der Waals surface area contributed by atoms with Crippen LogP contribution in [0.3, 0.4) is 0 Å². The molecule has 1 aromatic carbocycles. The zero-order valence-electron chi connectivity index (χ0n) is 9.29. The van der Waals surface area contributed by atoms with Crippen molar-refractivity contribution in [2.45, 2.75) is 19.8 Å². The zero-order valence-corrected chi connectivity index (χ0v) is 9.29. The molecule has 2 heteroatoms. The Bertz CT molecular complexity index is 369. The summed E-state index contributed by atoms with van der Waals surface area (Å²) in [6.45, 7) is 5.66. The van der Waals surface area contributed by atoms with Crippen molar-refractivity contribution >= 4 is 11.4 Å². The van der Waals surface area contributed by atoms with E-state index in [4.69, 9.17) is 0 Å². The maximum absolute atomic E-state index is 3.49. The van der Waals surface area contributed by atoms with Crippen molar-refractivity contribution in [2.75, 3.05) is 29.9 Å². The summed E-state index contributed by atoms with van der Waals surface area (Å²) < 4.78 is 0. The first-order valence-corrected chi connectivity index (χ1v) is 5.92. The van der Waals surface area contributed by atoms with E-state index in [1.54, 1.807) is 0 Å². The summed E-state index contributed by atoms with van der Waals surface area (Å²) in [4.78, 5) is 2.54. The van der Waals surface area contributed by atoms with Crippen LogP contribution in [0.15, 0.2) is 18.2 Å². The monoisotopic (exact) mass is 202 g/mol. The molecule has 0 aromatic heterocycles. The van der Waals surface area contributed by atoms with E-state index in [1.807, 2.05) is 0 Å². The van der Waals surface area contributed by atoms with Gasteiger partial charge in [-0.3, -0.25) is 0 Å². The van der Waals surface area contributed by atoms with Gasteiger partial charge in [-0.05, 0) is 43.4 Å². The van der Waals surface area contributed by atoms with Crippen molar-refractivity contribution in [3.05, 3.63) is 23.8 Å². The van der Waals surface area contributed by atoms with E-state index in [0.29, 0.717) is 0 Å². The fourth-order valence-electron chi connectivity index (χ4n) is 2.31. The van der Waals surface area contributed by atoms with Crippen LogP contribution in [0.5, 0.6) is 0 Å². The topological polar surface area (TPSA) is 15.3 Å². The zero-order chi connectivity index (χ0) is 10.3. The van der Waals surface area contributed by atoms with Crippen LogP contribution in [-0.2, 0) is 0 Å². The maximum Gasteiger partial charge on any atom is 0.0602 e. The van der Waals surface area contributed by atoms with Crippen LogP contribution in [0.1, 0.15) is 18.4 Å². The molecule has 1 aliphatic carbocycles. The summed E-state index contributed by atoms with van der Waals surface area (Å²) in [5.74, 6) is 0.970. The van der Waals surface area contributed by atoms with Crippen LogP contribution in [0.2, 0.25) is 0 Å². The van der Waals surface area contributed by atoms with E-state index in [-0.39, 0.29) is 0 Å². The van der Waals surface area contributed by atoms with Gasteiger partial charge in [-0.25, -0.2) is 0 Å². The van der Waals surface area contributed by atoms with E-state index in [2.05, 4.69) is 35.3 Å². The number of aryl methyl sites for hydroxylation is 1. The highest BCUT2D eigenvalue weighted by Gasteiger charge is 2.26. The molecule has 0 amide bonds. The Morgan fingerprint density at radius 2 is 2.27 bits per heavy atom. The van der Waals surface area contributed by atoms with Crippen molar-refractivity contribution < 1.29 is 0 Å². The number of hydrogen-bond acceptors (Lipinski definition) is 2. The van der Waals surface area contributed by atoms with Crippen LogP contribution < -0.4 is 10.2 Å². The van der Waals surface area contributed by atoms with Gasteiger partial charge in [-0.2, -0.15) is 0 Å². The number of rotatable bonds is 2. The predicted octanol–water partition coefficient (Wildman–Crippen LogP) is 2.64. The van der Waals surface area contributed by atoms with Crippen molar-refractivity contribution in [2.24, 2.45) is 5.92 Å². The minimum Gasteiger partial charge on any atom is -0.382 e. The van der Waals surface area contributed by atoms with E-state index in [0.717, 1.165) is 19.0 Å². The lowest BCUT2D eigenvalue weighted by Crippen LogP contribution is -2.35. The van der Waals surface area contributed by atoms with Crippen LogP contribution in [0.4, 0.5) is 11.4 Å². The SMILES string of the molecule is Cc1ccc2c(c1)NCCN2CC1CC1. The summed E-state index contributed by atoms with van der Waals surface area (Å²) in [7, 11) is 0. The van der Waals surface area contributed by atoms with Gasteiger partial charge < -0.3 is 10.2 Å². The molecule has 0 spiro atoms. The Morgan fingerprint density at radius 3 is 3.07 bits per heavy atom. The summed E-state index contributed by atoms with van der Waals surface area (Å²) in [5.41, 5.74) is 4.06. The number of benzene rings is 1. The van der Waals surface area contributed by atoms with Crippen molar-refractivity contribution in [3.63, 3.8) is 0 Å². The largest absolute Gasteiger partial charge is 0.382 e. The highest BCUT2D eigenvalue weighted by molar-refractivity contribution is 5.72. The maximum atomic E-state index is 3.49. The van der Waals surface area contributed by atoms with Crippen molar-refractivity contribution in [1.29, 1.82) is 0 Å². The fourth-order valence-corrected chi connectivity index (χ4v) is 2.31. The second-order valence-electron chi connectivity index (χ2n) is 4.84. The summed E-state index contributed by atoms with van der Waals surface area (Å²) >= 11 is 0. The molecule has 1 saturated carbocycles. The number of nitrogens with zero attached hydrogens (tertiary/aromatic N) is 1. The summed E-state index contributed by atoms with van der Waals surface area (Å²) in [6.07, 6.45) is 2.87. The molecular weight excluding hydrogens is 184 g/mol. The summed E-state index contributed by atoms with van der Waals surface area (Å²) in [5, 5.41) is 3.49. The van der Waals surface area contributed by atoms with Crippen LogP contribution in [-0.4, -0.2) is 19.6 Å². The van der Waals surface area contributed by atoms with Gasteiger partial charge in [0.2, 0.25) is 0 Å². The van der Waals surface area contributed by atoms with Gasteiger partial charge in [0.1, 0.15) is 0 Å². The number of nitrogens with one attached hydrogen (secondary N) is 1. The fraction of sp³-hybridized carbons (Fsp3) is 0.538. The molecule has 0 saturated heterocycles. The molecule has 0 radical (unpaired) electrons. The summed E-state index contributed by atoms with van der Waals surface area (Å²) in [6, 6.07) is 6.74. The normalized spacial score (nSPS) is 19.7. The highest BCUT2D eigenvalue weighted by Crippen LogP contribution is 2.35. The van der Waals surface area contributed by atoms with Gasteiger partial charge in [-0.15, -0.1) is 0 Å². The standard InChI is InChI=1S/C13H18N2/c1-10-2-5-13-12(8-10)14-6-7-15(13)9-11-3-4-11/h2,5,8,11,14H,3-4,6-7,9H2,1H3. The molecule has 3 rings (SSSR count). The first-order chi connectivity index (χ1) is 7.33. The minimum absolute atomic E-state index is 0.970. The van der Waals surface area contributed by atoms with Gasteiger partial charge >= 0.3 is 0 Å². The first kappa shape index (κ1) is 9.08. The van der Waals surface area contributed by atoms with Gasteiger partial charge in [0.05, 0.1) is 11.4 Å². The molecule has 0 unspecified atom stereocenters. The van der Waals surface area contributed by atoms with E-state index in [1.165, 1.54) is 36.3 Å². The number of hydrogen-bond donors (Lipinski definition) is 1. The third-order valence-corrected chi connectivity index (χ3v) is 3.37. The molecule has 80 valence electrons. The average molecular weight is 202 g/mol. The third kappa shape index (κ3) is 1.81. The molecule has 15 heavy (non-hydrogen) atoms. The third-order valence-electron chi connectivity index (χ3n) is 3.37. The number of fused-ring (bicyclic) bond motifs is 1. The van der Waals surface area contributed by atoms with Crippen LogP contribution in [0, 0.1) is 12.8 Å². The molecule has 1 heterocycles. The van der Waals surface area contributed by atoms with Crippen LogP contribution in [0.25, 0.3) is 0 Å². The molecular formula is C13H18N2. The number of anilines is 2. The molecule has 1 fully saturated rings. The molecule has 0 bridgehead atoms. The molecule has 0 atom stereocenters. The smallest absolute Gasteiger partial charge is 0.0602 e. The Hall–Kier alpha value is -1.18.